The Labute approximate surface area is 436 Å². The third-order valence-electron chi connectivity index (χ3n) is 14.2. The molecule has 1 aromatic heterocycles. The molecule has 3 saturated heterocycles. The highest BCUT2D eigenvalue weighted by atomic mass is 16.7. The van der Waals surface area contributed by atoms with Gasteiger partial charge in [0.2, 0.25) is 0 Å². The van der Waals surface area contributed by atoms with Gasteiger partial charge in [0.25, 0.3) is 0 Å². The zero-order chi connectivity index (χ0) is 54.3. The van der Waals surface area contributed by atoms with E-state index in [2.05, 4.69) is 5.10 Å². The third-order valence-corrected chi connectivity index (χ3v) is 14.2. The summed E-state index contributed by atoms with van der Waals surface area (Å²) in [6, 6.07) is 8.88. The number of hydrogen-bond acceptors (Lipinski definition) is 19. The summed E-state index contributed by atoms with van der Waals surface area (Å²) in [5.41, 5.74) is 0.521. The number of benzene rings is 1. The van der Waals surface area contributed by atoms with Crippen molar-refractivity contribution >= 4 is 36.2 Å². The Morgan fingerprint density at radius 3 is 2.28 bits per heavy atom. The van der Waals surface area contributed by atoms with Crippen LogP contribution in [0.15, 0.2) is 48.8 Å². The number of aliphatic hydroxyl groups excluding tert-OH is 2. The van der Waals surface area contributed by atoms with Crippen LogP contribution in [0.4, 0.5) is 0 Å². The quantitative estimate of drug-likeness (QED) is 0.123. The van der Waals surface area contributed by atoms with Crippen molar-refractivity contribution in [2.24, 2.45) is 11.8 Å². The van der Waals surface area contributed by atoms with Crippen molar-refractivity contribution in [3.63, 3.8) is 0 Å². The van der Waals surface area contributed by atoms with Crippen molar-refractivity contribution in [1.82, 2.24) is 19.6 Å². The molecule has 5 rings (SSSR count). The molecule has 0 spiro atoms. The number of carbonyl (C=O) groups is 5. The van der Waals surface area contributed by atoms with E-state index in [4.69, 9.17) is 42.6 Å². The van der Waals surface area contributed by atoms with E-state index in [-0.39, 0.29) is 32.1 Å². The lowest BCUT2D eigenvalue weighted by atomic mass is 9.82. The van der Waals surface area contributed by atoms with Crippen LogP contribution in [0, 0.1) is 11.8 Å². The highest BCUT2D eigenvalue weighted by Crippen LogP contribution is 2.39. The number of esters is 4. The lowest BCUT2D eigenvalue weighted by Crippen LogP contribution is -2.66. The monoisotopic (exact) mass is 1040 g/mol. The Kier molecular flexibility index (Phi) is 23.2. The van der Waals surface area contributed by atoms with Crippen molar-refractivity contribution in [3.8, 4) is 5.69 Å². The van der Waals surface area contributed by atoms with Crippen molar-refractivity contribution in [1.29, 1.82) is 0 Å². The summed E-state index contributed by atoms with van der Waals surface area (Å²) < 4.78 is 57.9. The van der Waals surface area contributed by atoms with Crippen molar-refractivity contribution in [3.05, 3.63) is 54.4 Å². The van der Waals surface area contributed by atoms with Gasteiger partial charge in [0, 0.05) is 65.1 Å². The topological polar surface area (TPSA) is 233 Å². The summed E-state index contributed by atoms with van der Waals surface area (Å²) in [6.07, 6.45) is -2.85. The molecule has 0 bridgehead atoms. The molecule has 20 nitrogen and oxygen atoms in total. The number of β-amino-alcohol motifs (C(OH)–C–C–N with tert-alkyl or cyclic N) is 1. The fourth-order valence-electron chi connectivity index (χ4n) is 10.4. The van der Waals surface area contributed by atoms with Crippen molar-refractivity contribution < 1.29 is 76.8 Å². The minimum atomic E-state index is -1.44. The Balaban J connectivity index is 1.44. The summed E-state index contributed by atoms with van der Waals surface area (Å²) in [6.45, 7) is 12.4. The molecule has 2 N–H and O–H groups in total. The Bertz CT molecular complexity index is 2110. The molecule has 3 aliphatic heterocycles. The number of cyclic esters (lactones) is 1. The predicted molar refractivity (Wildman–Crippen MR) is 270 cm³/mol. The first-order valence-corrected chi connectivity index (χ1v) is 26.0. The Morgan fingerprint density at radius 1 is 0.959 bits per heavy atom. The van der Waals surface area contributed by atoms with Crippen molar-refractivity contribution in [2.45, 2.75) is 192 Å². The minimum absolute atomic E-state index is 0.0250. The third kappa shape index (κ3) is 16.7. The van der Waals surface area contributed by atoms with Crippen molar-refractivity contribution in [2.75, 3.05) is 41.3 Å². The van der Waals surface area contributed by atoms with Crippen LogP contribution in [0.5, 0.6) is 0 Å². The summed E-state index contributed by atoms with van der Waals surface area (Å²) in [5.74, 6) is -3.46. The molecule has 3 fully saturated rings. The van der Waals surface area contributed by atoms with Crippen LogP contribution in [-0.4, -0.2) is 187 Å². The van der Waals surface area contributed by atoms with Gasteiger partial charge in [0.05, 0.1) is 42.6 Å². The second-order valence-corrected chi connectivity index (χ2v) is 20.4. The van der Waals surface area contributed by atoms with Gasteiger partial charge in [-0.15, -0.1) is 0 Å². The van der Waals surface area contributed by atoms with Crippen LogP contribution in [0.2, 0.25) is 0 Å². The first-order chi connectivity index (χ1) is 35.2. The molecular formula is C54H82N4O16. The van der Waals surface area contributed by atoms with Crippen LogP contribution in [0.25, 0.3) is 11.8 Å². The lowest BCUT2D eigenvalue weighted by Gasteiger charge is -2.50. The van der Waals surface area contributed by atoms with Crippen LogP contribution in [0.3, 0.4) is 0 Å². The molecule has 0 radical (unpaired) electrons. The molecule has 0 amide bonds. The van der Waals surface area contributed by atoms with E-state index in [9.17, 15) is 34.2 Å². The molecule has 2 aromatic rings. The first-order valence-electron chi connectivity index (χ1n) is 26.0. The van der Waals surface area contributed by atoms with E-state index in [1.54, 1.807) is 64.5 Å². The van der Waals surface area contributed by atoms with E-state index < -0.39 is 127 Å². The summed E-state index contributed by atoms with van der Waals surface area (Å²) in [5, 5.41) is 28.3. The van der Waals surface area contributed by atoms with Crippen LogP contribution in [-0.2, 0) is 66.6 Å². The van der Waals surface area contributed by atoms with Gasteiger partial charge < -0.3 is 67.4 Å². The molecule has 3 aliphatic rings. The van der Waals surface area contributed by atoms with Gasteiger partial charge in [-0.1, -0.05) is 45.1 Å². The SMILES string of the molecule is CCC(=O)O[C@@H]1CC(=O)O[C@@H](C/C=C/c2ccc(-n3cccn3)cc2)CCCN(C)C[C@H](O)[C@H](C)C[C@H](CC=O)[C@H](O[C@@H]2OC(C)[C@@H](O[C@H]3CC(C)(OC(C)=O)[C@@H](OC(=O)CC)C(C)O3)C(N(C)C)C2O)[C@H]1OC. The number of aliphatic hydroxyl groups is 2. The summed E-state index contributed by atoms with van der Waals surface area (Å²) in [7, 11) is 6.80. The maximum Gasteiger partial charge on any atom is 0.309 e. The Morgan fingerprint density at radius 2 is 1.66 bits per heavy atom. The zero-order valence-corrected chi connectivity index (χ0v) is 45.1. The van der Waals surface area contributed by atoms with Gasteiger partial charge in [-0.25, -0.2) is 4.68 Å². The average Bonchev–Trinajstić information content (AvgIpc) is 3.88. The number of carbonyl (C=O) groups excluding carboxylic acids is 5. The van der Waals surface area contributed by atoms with Gasteiger partial charge in [0.1, 0.15) is 36.8 Å². The van der Waals surface area contributed by atoms with Crippen LogP contribution < -0.4 is 0 Å². The fraction of sp³-hybridized carbons (Fsp3) is 0.704. The average molecular weight is 1040 g/mol. The molecule has 20 heteroatoms. The standard InChI is InChI=1S/C54H82N4O16/c1-12-43(62)70-42-30-45(64)69-40(18-14-17-37-20-22-39(23-21-37)58-27-16-25-55-58)19-15-26-57(10)32-41(61)33(3)29-38(24-28-59)50(51(42)66-11)73-53-48(65)47(56(8)9)49(34(4)68-53)72-46-31-54(7,74-36(6)60)52(35(5)67-46)71-44(63)13-2/h14,16-17,20-23,25,27-28,33-35,38,40-42,46-53,61,65H,12-13,15,18-19,24,26,29-32H2,1-11H3/b17-14+/t33-,34?,35?,38+,40+,41+,42-,46+,47?,48?,49-,50+,51+,52+,53+,54?/m1/s1. The molecule has 74 heavy (non-hydrogen) atoms. The largest absolute Gasteiger partial charge is 0.462 e. The number of nitrogens with zero attached hydrogens (tertiary/aromatic N) is 4. The highest BCUT2D eigenvalue weighted by Gasteiger charge is 2.54. The first kappa shape index (κ1) is 60.2. The number of aromatic nitrogens is 2. The predicted octanol–water partition coefficient (Wildman–Crippen LogP) is 4.82. The zero-order valence-electron chi connectivity index (χ0n) is 45.1. The van der Waals surface area contributed by atoms with E-state index in [1.165, 1.54) is 14.0 Å². The molecule has 16 atom stereocenters. The minimum Gasteiger partial charge on any atom is -0.462 e. The molecule has 0 saturated carbocycles. The smallest absolute Gasteiger partial charge is 0.309 e. The molecule has 414 valence electrons. The number of ether oxygens (including phenoxy) is 9. The van der Waals surface area contributed by atoms with E-state index in [0.717, 1.165) is 17.5 Å². The second-order valence-electron chi connectivity index (χ2n) is 20.4. The molecule has 0 aliphatic carbocycles. The number of rotatable bonds is 17. The molecule has 5 unspecified atom stereocenters. The Hall–Kier alpha value is -4.64. The normalized spacial score (nSPS) is 34.2. The van der Waals surface area contributed by atoms with Gasteiger partial charge in [-0.3, -0.25) is 19.2 Å². The van der Waals surface area contributed by atoms with Gasteiger partial charge in [-0.05, 0) is 103 Å². The maximum atomic E-state index is 14.2. The van der Waals surface area contributed by atoms with Gasteiger partial charge in [0.15, 0.2) is 24.3 Å². The molecular weight excluding hydrogens is 961 g/mol. The summed E-state index contributed by atoms with van der Waals surface area (Å²) >= 11 is 0. The number of likely N-dealkylation sites (N-methyl/N-ethyl adjacent to an activating group) is 2. The number of hydrogen-bond donors (Lipinski definition) is 2. The molecule has 1 aromatic carbocycles. The molecule has 4 heterocycles. The van der Waals surface area contributed by atoms with E-state index >= 15 is 0 Å². The second kappa shape index (κ2) is 28.5. The van der Waals surface area contributed by atoms with Crippen LogP contribution in [0.1, 0.15) is 112 Å². The highest BCUT2D eigenvalue weighted by molar-refractivity contribution is 5.73. The van der Waals surface area contributed by atoms with Crippen LogP contribution >= 0.6 is 0 Å². The number of aldehydes is 1. The fourth-order valence-corrected chi connectivity index (χ4v) is 10.4. The maximum absolute atomic E-state index is 14.2. The van der Waals surface area contributed by atoms with E-state index in [0.29, 0.717) is 32.4 Å². The van der Waals surface area contributed by atoms with Gasteiger partial charge in [-0.2, -0.15) is 5.10 Å². The van der Waals surface area contributed by atoms with E-state index in [1.807, 2.05) is 67.6 Å². The summed E-state index contributed by atoms with van der Waals surface area (Å²) in [4.78, 5) is 68.7. The number of methoxy groups -OCH3 is 1. The van der Waals surface area contributed by atoms with Gasteiger partial charge >= 0.3 is 23.9 Å². The lowest BCUT2D eigenvalue weighted by molar-refractivity contribution is -0.344.